The van der Waals surface area contributed by atoms with Crippen LogP contribution in [0.5, 0.6) is 0 Å². The molecule has 0 aliphatic carbocycles. The average Bonchev–Trinajstić information content (AvgIpc) is 3.47. The minimum Gasteiger partial charge on any atom is -0.421 e. The molecule has 0 radical (unpaired) electrons. The Morgan fingerprint density at radius 3 is 2.80 bits per heavy atom. The molecule has 1 atom stereocenters. The summed E-state index contributed by atoms with van der Waals surface area (Å²) in [6, 6.07) is 11.0. The average molecular weight is 402 g/mol. The molecular weight excluding hydrogens is 374 g/mol. The first kappa shape index (κ1) is 19.0. The number of nitrogens with zero attached hydrogens (tertiary/aromatic N) is 3. The molecule has 4 aromatic rings. The van der Waals surface area contributed by atoms with Crippen molar-refractivity contribution in [1.82, 2.24) is 25.5 Å². The first-order valence-electron chi connectivity index (χ1n) is 10.7. The number of benzene rings is 1. The van der Waals surface area contributed by atoms with Gasteiger partial charge in [-0.2, -0.15) is 0 Å². The maximum atomic E-state index is 6.01. The maximum Gasteiger partial charge on any atom is 0.247 e. The third kappa shape index (κ3) is 3.52. The van der Waals surface area contributed by atoms with Crippen LogP contribution in [0, 0.1) is 6.92 Å². The van der Waals surface area contributed by atoms with E-state index in [9.17, 15) is 0 Å². The van der Waals surface area contributed by atoms with Crippen molar-refractivity contribution in [2.24, 2.45) is 0 Å². The van der Waals surface area contributed by atoms with Crippen molar-refractivity contribution >= 4 is 10.9 Å². The van der Waals surface area contributed by atoms with Crippen LogP contribution in [0.25, 0.3) is 33.6 Å². The molecule has 0 saturated carbocycles. The minimum atomic E-state index is 0.365. The summed E-state index contributed by atoms with van der Waals surface area (Å²) in [5, 5.41) is 13.3. The Labute approximate surface area is 176 Å². The van der Waals surface area contributed by atoms with Gasteiger partial charge in [0.25, 0.3) is 0 Å². The Kier molecular flexibility index (Phi) is 4.87. The van der Waals surface area contributed by atoms with E-state index in [4.69, 9.17) is 4.42 Å². The number of hydrogen-bond acceptors (Lipinski definition) is 5. The number of fused-ring (bicyclic) bond motifs is 1. The highest BCUT2D eigenvalue weighted by Gasteiger charge is 2.20. The Morgan fingerprint density at radius 1 is 1.13 bits per heavy atom. The molecule has 1 aliphatic heterocycles. The number of aromatic amines is 1. The van der Waals surface area contributed by atoms with Crippen LogP contribution in [0.15, 0.2) is 40.9 Å². The van der Waals surface area contributed by atoms with Crippen LogP contribution in [0.2, 0.25) is 0 Å². The molecule has 2 N–H and O–H groups in total. The van der Waals surface area contributed by atoms with Gasteiger partial charge in [-0.15, -0.1) is 10.2 Å². The summed E-state index contributed by atoms with van der Waals surface area (Å²) in [5.74, 6) is 1.65. The van der Waals surface area contributed by atoms with Gasteiger partial charge in [-0.25, -0.2) is 0 Å². The summed E-state index contributed by atoms with van der Waals surface area (Å²) < 4.78 is 6.01. The van der Waals surface area contributed by atoms with Crippen molar-refractivity contribution in [2.75, 3.05) is 6.54 Å². The number of rotatable bonds is 5. The van der Waals surface area contributed by atoms with Crippen molar-refractivity contribution in [2.45, 2.75) is 52.0 Å². The second kappa shape index (κ2) is 7.69. The van der Waals surface area contributed by atoms with Crippen molar-refractivity contribution in [3.63, 3.8) is 0 Å². The third-order valence-corrected chi connectivity index (χ3v) is 5.90. The molecule has 1 aliphatic rings. The van der Waals surface area contributed by atoms with Gasteiger partial charge in [-0.1, -0.05) is 13.8 Å². The summed E-state index contributed by atoms with van der Waals surface area (Å²) >= 11 is 0. The fourth-order valence-corrected chi connectivity index (χ4v) is 4.47. The normalized spacial score (nSPS) is 16.7. The third-order valence-electron chi connectivity index (χ3n) is 5.90. The van der Waals surface area contributed by atoms with Crippen LogP contribution in [0.4, 0.5) is 0 Å². The second-order valence-electron chi connectivity index (χ2n) is 8.51. The molecule has 6 heteroatoms. The second-order valence-corrected chi connectivity index (χ2v) is 8.51. The number of hydrogen-bond donors (Lipinski definition) is 2. The van der Waals surface area contributed by atoms with Crippen molar-refractivity contribution in [1.29, 1.82) is 0 Å². The van der Waals surface area contributed by atoms with Gasteiger partial charge in [-0.3, -0.25) is 4.98 Å². The largest absolute Gasteiger partial charge is 0.421 e. The number of pyridine rings is 1. The van der Waals surface area contributed by atoms with E-state index in [2.05, 4.69) is 69.7 Å². The molecule has 1 saturated heterocycles. The van der Waals surface area contributed by atoms with Gasteiger partial charge in [0.1, 0.15) is 0 Å². The molecule has 0 spiro atoms. The molecule has 6 nitrogen and oxygen atoms in total. The lowest BCUT2D eigenvalue weighted by molar-refractivity contribution is 0.464. The van der Waals surface area contributed by atoms with E-state index >= 15 is 0 Å². The maximum absolute atomic E-state index is 6.01. The summed E-state index contributed by atoms with van der Waals surface area (Å²) in [6.45, 7) is 7.55. The van der Waals surface area contributed by atoms with Gasteiger partial charge in [0.15, 0.2) is 0 Å². The Balaban J connectivity index is 1.54. The standard InChI is InChI=1S/C24H27N5O/c1-14(2)22-19-12-17(24-29-28-21(30-24)13-18-5-4-9-26-18)6-7-20(19)27-23(22)16-8-10-25-15(3)11-16/h6-8,10-12,14,18,26-27H,4-5,9,13H2,1-3H3/t18-/m0/s1. The van der Waals surface area contributed by atoms with Gasteiger partial charge in [0, 0.05) is 46.4 Å². The number of aromatic nitrogens is 4. The fourth-order valence-electron chi connectivity index (χ4n) is 4.47. The molecular formula is C24H27N5O. The molecule has 154 valence electrons. The molecule has 4 heterocycles. The van der Waals surface area contributed by atoms with Crippen molar-refractivity contribution in [3.05, 3.63) is 53.7 Å². The monoisotopic (exact) mass is 401 g/mol. The topological polar surface area (TPSA) is 79.6 Å². The number of H-pyrrole nitrogens is 1. The van der Waals surface area contributed by atoms with E-state index in [1.165, 1.54) is 23.8 Å². The molecule has 1 fully saturated rings. The number of nitrogens with one attached hydrogen (secondary N) is 2. The first-order chi connectivity index (χ1) is 14.6. The van der Waals surface area contributed by atoms with Gasteiger partial charge >= 0.3 is 0 Å². The smallest absolute Gasteiger partial charge is 0.247 e. The van der Waals surface area contributed by atoms with E-state index in [1.54, 1.807) is 0 Å². The lowest BCUT2D eigenvalue weighted by atomic mass is 9.95. The zero-order valence-corrected chi connectivity index (χ0v) is 17.7. The zero-order valence-electron chi connectivity index (χ0n) is 17.7. The molecule has 1 aromatic carbocycles. The van der Waals surface area contributed by atoms with Gasteiger partial charge in [-0.05, 0) is 68.1 Å². The van der Waals surface area contributed by atoms with Gasteiger partial charge in [0.05, 0.1) is 5.69 Å². The highest BCUT2D eigenvalue weighted by Crippen LogP contribution is 2.37. The SMILES string of the molecule is Cc1cc(-c2[nH]c3ccc(-c4nnc(C[C@@H]5CCCN5)o4)cc3c2C(C)C)ccn1. The highest BCUT2D eigenvalue weighted by atomic mass is 16.4. The molecule has 30 heavy (non-hydrogen) atoms. The van der Waals surface area contributed by atoms with Crippen LogP contribution in [-0.2, 0) is 6.42 Å². The molecule has 0 bridgehead atoms. The van der Waals surface area contributed by atoms with E-state index in [0.29, 0.717) is 23.7 Å². The molecule has 3 aromatic heterocycles. The molecule has 0 amide bonds. The first-order valence-corrected chi connectivity index (χ1v) is 10.7. The predicted octanol–water partition coefficient (Wildman–Crippen LogP) is 5.01. The zero-order chi connectivity index (χ0) is 20.7. The Morgan fingerprint density at radius 2 is 2.03 bits per heavy atom. The van der Waals surface area contributed by atoms with Gasteiger partial charge < -0.3 is 14.7 Å². The van der Waals surface area contributed by atoms with Crippen LogP contribution >= 0.6 is 0 Å². The van der Waals surface area contributed by atoms with Crippen molar-refractivity contribution < 1.29 is 4.42 Å². The summed E-state index contributed by atoms with van der Waals surface area (Å²) in [7, 11) is 0. The quantitative estimate of drug-likeness (QED) is 0.492. The lowest BCUT2D eigenvalue weighted by Crippen LogP contribution is -2.23. The van der Waals surface area contributed by atoms with E-state index in [-0.39, 0.29) is 0 Å². The van der Waals surface area contributed by atoms with Crippen LogP contribution in [0.1, 0.15) is 49.8 Å². The van der Waals surface area contributed by atoms with E-state index in [1.807, 2.05) is 13.1 Å². The van der Waals surface area contributed by atoms with E-state index < -0.39 is 0 Å². The van der Waals surface area contributed by atoms with Crippen LogP contribution in [-0.4, -0.2) is 32.8 Å². The van der Waals surface area contributed by atoms with Gasteiger partial charge in [0.2, 0.25) is 11.8 Å². The summed E-state index contributed by atoms with van der Waals surface area (Å²) in [5.41, 5.74) is 6.69. The van der Waals surface area contributed by atoms with Crippen LogP contribution in [0.3, 0.4) is 0 Å². The summed E-state index contributed by atoms with van der Waals surface area (Å²) in [4.78, 5) is 7.96. The Hall–Kier alpha value is -2.99. The van der Waals surface area contributed by atoms with E-state index in [0.717, 1.165) is 41.0 Å². The predicted molar refractivity (Wildman–Crippen MR) is 118 cm³/mol. The lowest BCUT2D eigenvalue weighted by Gasteiger charge is -2.09. The number of aryl methyl sites for hydroxylation is 1. The molecule has 0 unspecified atom stereocenters. The van der Waals surface area contributed by atoms with Crippen molar-refractivity contribution in [3.8, 4) is 22.7 Å². The van der Waals surface area contributed by atoms with Crippen LogP contribution < -0.4 is 5.32 Å². The summed E-state index contributed by atoms with van der Waals surface area (Å²) in [6.07, 6.45) is 5.04. The highest BCUT2D eigenvalue weighted by molar-refractivity contribution is 5.93. The Bertz CT molecular complexity index is 1180. The fraction of sp³-hybridized carbons (Fsp3) is 0.375. The molecule has 5 rings (SSSR count). The minimum absolute atomic E-state index is 0.365.